The Morgan fingerprint density at radius 2 is 1.81 bits per heavy atom. The Morgan fingerprint density at radius 3 is 2.31 bits per heavy atom. The van der Waals surface area contributed by atoms with E-state index in [4.69, 9.17) is 10.5 Å². The maximum atomic E-state index is 6.39. The average Bonchev–Trinajstić information content (AvgIpc) is 2.55. The van der Waals surface area contributed by atoms with Gasteiger partial charge in [0.2, 0.25) is 0 Å². The second kappa shape index (κ2) is 4.63. The number of hydrogen-bond donors (Lipinski definition) is 1. The first kappa shape index (κ1) is 12.3. The third kappa shape index (κ3) is 2.27. The van der Waals surface area contributed by atoms with E-state index < -0.39 is 0 Å². The lowest BCUT2D eigenvalue weighted by Gasteiger charge is -2.39. The van der Waals surface area contributed by atoms with E-state index >= 15 is 0 Å². The highest BCUT2D eigenvalue weighted by atomic mass is 16.5. The number of hydrogen-bond acceptors (Lipinski definition) is 3. The lowest BCUT2D eigenvalue weighted by Crippen LogP contribution is -2.52. The molecule has 94 valence electrons. The van der Waals surface area contributed by atoms with Crippen molar-refractivity contribution < 1.29 is 4.74 Å². The van der Waals surface area contributed by atoms with Crippen molar-refractivity contribution in [2.45, 2.75) is 57.7 Å². The van der Waals surface area contributed by atoms with Gasteiger partial charge in [0, 0.05) is 31.3 Å². The van der Waals surface area contributed by atoms with E-state index in [9.17, 15) is 0 Å². The number of nitrogens with two attached hydrogens (primary N) is 1. The van der Waals surface area contributed by atoms with Crippen LogP contribution in [-0.4, -0.2) is 43.3 Å². The third-order valence-corrected chi connectivity index (χ3v) is 4.69. The molecule has 1 heterocycles. The SMILES string of the molecule is CN(C1CCOCC1)C1CCC(C)(C)C1N. The van der Waals surface area contributed by atoms with Crippen molar-refractivity contribution in [2.24, 2.45) is 11.1 Å². The summed E-state index contributed by atoms with van der Waals surface area (Å²) in [7, 11) is 2.25. The molecule has 1 aliphatic heterocycles. The van der Waals surface area contributed by atoms with Gasteiger partial charge < -0.3 is 10.5 Å². The van der Waals surface area contributed by atoms with E-state index in [1.54, 1.807) is 0 Å². The second-order valence-corrected chi connectivity index (χ2v) is 6.13. The minimum absolute atomic E-state index is 0.310. The van der Waals surface area contributed by atoms with E-state index in [0.29, 0.717) is 23.5 Å². The Kier molecular flexibility index (Phi) is 3.57. The fourth-order valence-electron chi connectivity index (χ4n) is 3.21. The van der Waals surface area contributed by atoms with Crippen LogP contribution in [0.25, 0.3) is 0 Å². The molecule has 2 unspecified atom stereocenters. The number of rotatable bonds is 2. The van der Waals surface area contributed by atoms with E-state index in [0.717, 1.165) is 13.2 Å². The molecule has 16 heavy (non-hydrogen) atoms. The van der Waals surface area contributed by atoms with Gasteiger partial charge in [0.1, 0.15) is 0 Å². The summed E-state index contributed by atoms with van der Waals surface area (Å²) in [6, 6.07) is 1.57. The predicted octanol–water partition coefficient (Wildman–Crippen LogP) is 1.61. The van der Waals surface area contributed by atoms with Crippen LogP contribution >= 0.6 is 0 Å². The van der Waals surface area contributed by atoms with Crippen molar-refractivity contribution in [1.82, 2.24) is 4.90 Å². The third-order valence-electron chi connectivity index (χ3n) is 4.69. The summed E-state index contributed by atoms with van der Waals surface area (Å²) in [5, 5.41) is 0. The largest absolute Gasteiger partial charge is 0.381 e. The Balaban J connectivity index is 1.97. The van der Waals surface area contributed by atoms with Crippen LogP contribution in [0, 0.1) is 5.41 Å². The van der Waals surface area contributed by atoms with Gasteiger partial charge in [-0.25, -0.2) is 0 Å². The van der Waals surface area contributed by atoms with Crippen LogP contribution < -0.4 is 5.73 Å². The zero-order chi connectivity index (χ0) is 11.8. The van der Waals surface area contributed by atoms with E-state index in [2.05, 4.69) is 25.8 Å². The first-order valence-electron chi connectivity index (χ1n) is 6.57. The fourth-order valence-corrected chi connectivity index (χ4v) is 3.21. The Hall–Kier alpha value is -0.120. The highest BCUT2D eigenvalue weighted by Crippen LogP contribution is 2.39. The maximum Gasteiger partial charge on any atom is 0.0480 e. The molecule has 1 saturated heterocycles. The highest BCUT2D eigenvalue weighted by molar-refractivity contribution is 4.99. The van der Waals surface area contributed by atoms with Crippen molar-refractivity contribution in [2.75, 3.05) is 20.3 Å². The van der Waals surface area contributed by atoms with Gasteiger partial charge in [0.25, 0.3) is 0 Å². The predicted molar refractivity (Wildman–Crippen MR) is 66.4 cm³/mol. The Labute approximate surface area is 99.3 Å². The molecule has 2 N–H and O–H groups in total. The molecular weight excluding hydrogens is 200 g/mol. The van der Waals surface area contributed by atoms with Crippen LogP contribution in [0.4, 0.5) is 0 Å². The second-order valence-electron chi connectivity index (χ2n) is 6.13. The van der Waals surface area contributed by atoms with Gasteiger partial charge in [-0.3, -0.25) is 4.90 Å². The molecular formula is C13H26N2O. The summed E-state index contributed by atoms with van der Waals surface area (Å²) in [6.45, 7) is 6.44. The quantitative estimate of drug-likeness (QED) is 0.777. The molecule has 2 fully saturated rings. The molecule has 0 radical (unpaired) electrons. The first-order valence-corrected chi connectivity index (χ1v) is 6.57. The maximum absolute atomic E-state index is 6.39. The zero-order valence-electron chi connectivity index (χ0n) is 10.9. The minimum atomic E-state index is 0.310. The normalized spacial score (nSPS) is 35.8. The molecule has 2 atom stereocenters. The smallest absolute Gasteiger partial charge is 0.0480 e. The molecule has 2 aliphatic rings. The lowest BCUT2D eigenvalue weighted by molar-refractivity contribution is 0.0246. The summed E-state index contributed by atoms with van der Waals surface area (Å²) in [5.41, 5.74) is 6.70. The Morgan fingerprint density at radius 1 is 1.19 bits per heavy atom. The fraction of sp³-hybridized carbons (Fsp3) is 1.00. The Bertz CT molecular complexity index is 236. The van der Waals surface area contributed by atoms with Crippen molar-refractivity contribution in [3.8, 4) is 0 Å². The molecule has 1 aliphatic carbocycles. The monoisotopic (exact) mass is 226 g/mol. The summed E-state index contributed by atoms with van der Waals surface area (Å²) >= 11 is 0. The molecule has 0 aromatic heterocycles. The number of likely N-dealkylation sites (N-methyl/N-ethyl adjacent to an activating group) is 1. The molecule has 0 aromatic rings. The van der Waals surface area contributed by atoms with Crippen LogP contribution in [0.5, 0.6) is 0 Å². The van der Waals surface area contributed by atoms with Crippen molar-refractivity contribution in [3.63, 3.8) is 0 Å². The summed E-state index contributed by atoms with van der Waals surface area (Å²) in [6.07, 6.45) is 4.84. The molecule has 1 saturated carbocycles. The van der Waals surface area contributed by atoms with E-state index in [-0.39, 0.29) is 0 Å². The van der Waals surface area contributed by atoms with Crippen LogP contribution in [0.2, 0.25) is 0 Å². The van der Waals surface area contributed by atoms with Gasteiger partial charge in [0.05, 0.1) is 0 Å². The molecule has 3 nitrogen and oxygen atoms in total. The standard InChI is InChI=1S/C13H26N2O/c1-13(2)7-4-11(12(13)14)15(3)10-5-8-16-9-6-10/h10-12H,4-9,14H2,1-3H3. The topological polar surface area (TPSA) is 38.5 Å². The molecule has 2 rings (SSSR count). The van der Waals surface area contributed by atoms with Crippen LogP contribution in [0.3, 0.4) is 0 Å². The molecule has 0 aromatic carbocycles. The average molecular weight is 226 g/mol. The van der Waals surface area contributed by atoms with Gasteiger partial charge in [0.15, 0.2) is 0 Å². The van der Waals surface area contributed by atoms with Gasteiger partial charge in [-0.2, -0.15) is 0 Å². The molecule has 0 bridgehead atoms. The van der Waals surface area contributed by atoms with Gasteiger partial charge in [-0.15, -0.1) is 0 Å². The van der Waals surface area contributed by atoms with Crippen LogP contribution in [-0.2, 0) is 4.74 Å². The summed E-state index contributed by atoms with van der Waals surface area (Å²) in [5.74, 6) is 0. The molecule has 0 spiro atoms. The van der Waals surface area contributed by atoms with Crippen molar-refractivity contribution in [3.05, 3.63) is 0 Å². The number of ether oxygens (including phenoxy) is 1. The summed E-state index contributed by atoms with van der Waals surface area (Å²) < 4.78 is 5.42. The van der Waals surface area contributed by atoms with Gasteiger partial charge in [-0.05, 0) is 38.1 Å². The van der Waals surface area contributed by atoms with Crippen molar-refractivity contribution >= 4 is 0 Å². The first-order chi connectivity index (χ1) is 7.52. The van der Waals surface area contributed by atoms with E-state index in [1.807, 2.05) is 0 Å². The number of nitrogens with zero attached hydrogens (tertiary/aromatic N) is 1. The van der Waals surface area contributed by atoms with Gasteiger partial charge >= 0.3 is 0 Å². The molecule has 0 amide bonds. The summed E-state index contributed by atoms with van der Waals surface area (Å²) in [4.78, 5) is 2.53. The zero-order valence-corrected chi connectivity index (χ0v) is 10.9. The minimum Gasteiger partial charge on any atom is -0.381 e. The highest BCUT2D eigenvalue weighted by Gasteiger charge is 2.42. The van der Waals surface area contributed by atoms with E-state index in [1.165, 1.54) is 25.7 Å². The van der Waals surface area contributed by atoms with Crippen LogP contribution in [0.15, 0.2) is 0 Å². The lowest BCUT2D eigenvalue weighted by atomic mass is 9.87. The van der Waals surface area contributed by atoms with Crippen molar-refractivity contribution in [1.29, 1.82) is 0 Å². The molecule has 3 heteroatoms. The van der Waals surface area contributed by atoms with Crippen LogP contribution in [0.1, 0.15) is 39.5 Å². The van der Waals surface area contributed by atoms with Gasteiger partial charge in [-0.1, -0.05) is 13.8 Å².